The van der Waals surface area contributed by atoms with Gasteiger partial charge in [0.15, 0.2) is 5.82 Å². The van der Waals surface area contributed by atoms with Crippen molar-refractivity contribution in [2.75, 3.05) is 43.1 Å². The van der Waals surface area contributed by atoms with Gasteiger partial charge in [0.25, 0.3) is 0 Å². The van der Waals surface area contributed by atoms with Crippen molar-refractivity contribution in [3.8, 4) is 5.75 Å². The first-order valence-electron chi connectivity index (χ1n) is 11.9. The fraction of sp³-hybridized carbons (Fsp3) is 0.400. The lowest BCUT2D eigenvalue weighted by atomic mass is 10.0. The van der Waals surface area contributed by atoms with Crippen LogP contribution in [0, 0.1) is 11.7 Å². The summed E-state index contributed by atoms with van der Waals surface area (Å²) in [6.45, 7) is 8.34. The van der Waals surface area contributed by atoms with Crippen molar-refractivity contribution in [2.45, 2.75) is 26.0 Å². The molecule has 0 unspecified atom stereocenters. The molecular formula is C25H27FN6O2S. The van der Waals surface area contributed by atoms with Gasteiger partial charge in [-0.05, 0) is 32.0 Å². The van der Waals surface area contributed by atoms with E-state index in [1.165, 1.54) is 17.7 Å². The molecule has 0 saturated carbocycles. The first kappa shape index (κ1) is 22.4. The third-order valence-corrected chi connectivity index (χ3v) is 7.59. The number of anilines is 3. The fourth-order valence-electron chi connectivity index (χ4n) is 4.62. The molecule has 35 heavy (non-hydrogen) atoms. The van der Waals surface area contributed by atoms with Crippen LogP contribution in [0.1, 0.15) is 13.8 Å². The molecule has 0 aliphatic carbocycles. The van der Waals surface area contributed by atoms with Crippen LogP contribution < -0.4 is 20.3 Å². The van der Waals surface area contributed by atoms with Crippen molar-refractivity contribution >= 4 is 49.6 Å². The predicted molar refractivity (Wildman–Crippen MR) is 136 cm³/mol. The van der Waals surface area contributed by atoms with Crippen LogP contribution in [0.3, 0.4) is 0 Å². The van der Waals surface area contributed by atoms with Crippen LogP contribution in [0.15, 0.2) is 36.1 Å². The predicted octanol–water partition coefficient (Wildman–Crippen LogP) is 4.33. The summed E-state index contributed by atoms with van der Waals surface area (Å²) in [7, 11) is 0. The average molecular weight is 495 g/mol. The standard InChI is InChI=1S/C25H27FN6O2S/c1-14-9-32(6-5-27-14)17-7-20-22(21(8-17)34-15(2)16-10-33-11-16)25(29-12-28-20)31-18-3-4-19-24(23(18)26)35-13-30-19/h3-4,7-8,12-16,27H,5-6,9-11H2,1-2H3,(H,28,29,31)/t14-,15-/m1/s1. The number of fused-ring (bicyclic) bond motifs is 2. The maximum atomic E-state index is 15.2. The van der Waals surface area contributed by atoms with Gasteiger partial charge in [0.2, 0.25) is 0 Å². The minimum Gasteiger partial charge on any atom is -0.489 e. The summed E-state index contributed by atoms with van der Waals surface area (Å²) < 4.78 is 27.6. The fourth-order valence-corrected chi connectivity index (χ4v) is 5.34. The molecule has 6 rings (SSSR count). The second kappa shape index (κ2) is 9.18. The van der Waals surface area contributed by atoms with Gasteiger partial charge in [0.05, 0.1) is 45.5 Å². The number of nitrogens with one attached hydrogen (secondary N) is 2. The number of halogens is 1. The van der Waals surface area contributed by atoms with E-state index in [0.717, 1.165) is 36.2 Å². The highest BCUT2D eigenvalue weighted by atomic mass is 32.1. The van der Waals surface area contributed by atoms with Gasteiger partial charge >= 0.3 is 0 Å². The molecule has 2 saturated heterocycles. The summed E-state index contributed by atoms with van der Waals surface area (Å²) in [5.41, 5.74) is 4.43. The lowest BCUT2D eigenvalue weighted by Gasteiger charge is -2.35. The third kappa shape index (κ3) is 4.26. The molecule has 10 heteroatoms. The first-order valence-corrected chi connectivity index (χ1v) is 12.7. The largest absolute Gasteiger partial charge is 0.489 e. The molecule has 0 bridgehead atoms. The number of benzene rings is 2. The number of hydrogen-bond acceptors (Lipinski definition) is 9. The van der Waals surface area contributed by atoms with E-state index in [0.29, 0.717) is 52.6 Å². The zero-order chi connectivity index (χ0) is 23.9. The second-order valence-corrected chi connectivity index (χ2v) is 10.1. The highest BCUT2D eigenvalue weighted by Gasteiger charge is 2.28. The van der Waals surface area contributed by atoms with E-state index in [1.54, 1.807) is 17.6 Å². The van der Waals surface area contributed by atoms with Crippen LogP contribution >= 0.6 is 11.3 Å². The molecule has 2 N–H and O–H groups in total. The number of piperazine rings is 1. The first-order chi connectivity index (χ1) is 17.1. The average Bonchev–Trinajstić information content (AvgIpc) is 3.29. The summed E-state index contributed by atoms with van der Waals surface area (Å²) in [5.74, 6) is 1.18. The second-order valence-electron chi connectivity index (χ2n) is 9.23. The van der Waals surface area contributed by atoms with Crippen molar-refractivity contribution in [2.24, 2.45) is 5.92 Å². The quantitative estimate of drug-likeness (QED) is 0.410. The molecule has 2 aliphatic rings. The van der Waals surface area contributed by atoms with Gasteiger partial charge in [-0.15, -0.1) is 11.3 Å². The minimum absolute atomic E-state index is 0.0394. The maximum Gasteiger partial charge on any atom is 0.166 e. The normalized spacial score (nSPS) is 19.6. The summed E-state index contributed by atoms with van der Waals surface area (Å²) in [6.07, 6.45) is 1.47. The van der Waals surface area contributed by atoms with Crippen LogP contribution in [0.5, 0.6) is 5.75 Å². The molecule has 4 aromatic rings. The molecule has 2 aliphatic heterocycles. The van der Waals surface area contributed by atoms with Crippen LogP contribution in [0.4, 0.5) is 21.6 Å². The molecule has 0 amide bonds. The Labute approximate surface area is 206 Å². The van der Waals surface area contributed by atoms with Gasteiger partial charge in [-0.3, -0.25) is 0 Å². The summed E-state index contributed by atoms with van der Waals surface area (Å²) in [5, 5.41) is 7.42. The van der Waals surface area contributed by atoms with Gasteiger partial charge in [0, 0.05) is 43.3 Å². The highest BCUT2D eigenvalue weighted by Crippen LogP contribution is 2.38. The summed E-state index contributed by atoms with van der Waals surface area (Å²) in [4.78, 5) is 15.6. The van der Waals surface area contributed by atoms with E-state index in [2.05, 4.69) is 56.5 Å². The van der Waals surface area contributed by atoms with Crippen LogP contribution in [0.2, 0.25) is 0 Å². The Kier molecular flexibility index (Phi) is 5.87. The van der Waals surface area contributed by atoms with E-state index < -0.39 is 0 Å². The Morgan fingerprint density at radius 2 is 2.11 bits per heavy atom. The monoisotopic (exact) mass is 494 g/mol. The van der Waals surface area contributed by atoms with E-state index in [4.69, 9.17) is 9.47 Å². The number of rotatable bonds is 6. The lowest BCUT2D eigenvalue weighted by Crippen LogP contribution is -2.49. The van der Waals surface area contributed by atoms with Crippen molar-refractivity contribution < 1.29 is 13.9 Å². The molecule has 2 atom stereocenters. The number of thiazole rings is 1. The summed E-state index contributed by atoms with van der Waals surface area (Å²) in [6, 6.07) is 8.01. The molecule has 0 spiro atoms. The van der Waals surface area contributed by atoms with Crippen molar-refractivity contribution in [3.63, 3.8) is 0 Å². The number of ether oxygens (including phenoxy) is 2. The van der Waals surface area contributed by atoms with Crippen molar-refractivity contribution in [1.82, 2.24) is 20.3 Å². The zero-order valence-electron chi connectivity index (χ0n) is 19.6. The molecule has 0 radical (unpaired) electrons. The topological polar surface area (TPSA) is 84.4 Å². The molecule has 4 heterocycles. The Hall–Kier alpha value is -3.08. The Balaban J connectivity index is 1.43. The van der Waals surface area contributed by atoms with Crippen molar-refractivity contribution in [3.05, 3.63) is 41.9 Å². The highest BCUT2D eigenvalue weighted by molar-refractivity contribution is 7.16. The Bertz CT molecular complexity index is 1380. The maximum absolute atomic E-state index is 15.2. The molecule has 8 nitrogen and oxygen atoms in total. The van der Waals surface area contributed by atoms with Gasteiger partial charge in [0.1, 0.15) is 24.0 Å². The van der Waals surface area contributed by atoms with Gasteiger partial charge < -0.3 is 25.0 Å². The molecule has 2 aromatic carbocycles. The van der Waals surface area contributed by atoms with Gasteiger partial charge in [-0.2, -0.15) is 0 Å². The Morgan fingerprint density at radius 1 is 1.23 bits per heavy atom. The van der Waals surface area contributed by atoms with E-state index >= 15 is 4.39 Å². The van der Waals surface area contributed by atoms with Crippen molar-refractivity contribution in [1.29, 1.82) is 0 Å². The minimum atomic E-state index is -0.342. The number of nitrogens with zero attached hydrogens (tertiary/aromatic N) is 4. The van der Waals surface area contributed by atoms with Gasteiger partial charge in [-0.1, -0.05) is 0 Å². The number of aromatic nitrogens is 3. The SMILES string of the molecule is C[C@@H]1CN(c2cc(O[C@H](C)C3COC3)c3c(Nc4ccc5ncsc5c4F)ncnc3c2)CCN1. The molecule has 182 valence electrons. The molecule has 2 fully saturated rings. The lowest BCUT2D eigenvalue weighted by molar-refractivity contribution is -0.0773. The van der Waals surface area contributed by atoms with Crippen LogP contribution in [0.25, 0.3) is 21.1 Å². The molecular weight excluding hydrogens is 467 g/mol. The zero-order valence-corrected chi connectivity index (χ0v) is 20.4. The van der Waals surface area contributed by atoms with Gasteiger partial charge in [-0.25, -0.2) is 19.3 Å². The smallest absolute Gasteiger partial charge is 0.166 e. The van der Waals surface area contributed by atoms with E-state index in [-0.39, 0.29) is 11.9 Å². The Morgan fingerprint density at radius 3 is 2.91 bits per heavy atom. The van der Waals surface area contributed by atoms with E-state index in [9.17, 15) is 0 Å². The number of hydrogen-bond donors (Lipinski definition) is 2. The summed E-state index contributed by atoms with van der Waals surface area (Å²) >= 11 is 1.28. The van der Waals surface area contributed by atoms with Crippen LogP contribution in [-0.2, 0) is 4.74 Å². The van der Waals surface area contributed by atoms with Crippen LogP contribution in [-0.4, -0.2) is 59.9 Å². The molecule has 2 aromatic heterocycles. The third-order valence-electron chi connectivity index (χ3n) is 6.75. The van der Waals surface area contributed by atoms with E-state index in [1.807, 2.05) is 0 Å².